The van der Waals surface area contributed by atoms with Gasteiger partial charge < -0.3 is 29.9 Å². The molecule has 12 nitrogen and oxygen atoms in total. The van der Waals surface area contributed by atoms with Crippen LogP contribution in [0, 0.1) is 11.8 Å². The summed E-state index contributed by atoms with van der Waals surface area (Å²) in [6.07, 6.45) is 6.15. The fourth-order valence-corrected chi connectivity index (χ4v) is 7.86. The van der Waals surface area contributed by atoms with E-state index in [1.165, 1.54) is 12.0 Å². The number of aromatic nitrogens is 4. The van der Waals surface area contributed by atoms with Gasteiger partial charge >= 0.3 is 12.2 Å². The maximum Gasteiger partial charge on any atom is 0.407 e. The molecule has 13 heteroatoms. The summed E-state index contributed by atoms with van der Waals surface area (Å²) in [5, 5.41) is 13.2. The number of likely N-dealkylation sites (tertiary alicyclic amines) is 2. The van der Waals surface area contributed by atoms with Crippen molar-refractivity contribution >= 4 is 23.9 Å². The number of H-pyrrole nitrogens is 2. The van der Waals surface area contributed by atoms with Crippen LogP contribution in [0.4, 0.5) is 9.59 Å². The number of rotatable bonds is 12. The molecule has 50 heavy (non-hydrogen) atoms. The van der Waals surface area contributed by atoms with Crippen molar-refractivity contribution in [2.45, 2.75) is 50.1 Å². The van der Waals surface area contributed by atoms with Gasteiger partial charge in [0.1, 0.15) is 11.6 Å². The summed E-state index contributed by atoms with van der Waals surface area (Å²) in [5.74, 6) is 2.00. The lowest BCUT2D eigenvalue weighted by Crippen LogP contribution is -2.46. The molecule has 4 aromatic rings. The molecule has 2 amide bonds. The van der Waals surface area contributed by atoms with E-state index in [0.717, 1.165) is 59.0 Å². The molecule has 0 saturated carbocycles. The van der Waals surface area contributed by atoms with Gasteiger partial charge in [-0.05, 0) is 47.3 Å². The van der Waals surface area contributed by atoms with Crippen LogP contribution in [0.1, 0.15) is 50.4 Å². The number of aromatic amines is 2. The Morgan fingerprint density at radius 2 is 1.46 bits per heavy atom. The number of carbonyl (C=O) groups excluding carboxylic acids is 1. The molecular weight excluding hydrogens is 655 g/mol. The van der Waals surface area contributed by atoms with Crippen LogP contribution in [0.25, 0.3) is 33.6 Å². The third-order valence-electron chi connectivity index (χ3n) is 10.0. The molecule has 0 spiro atoms. The Morgan fingerprint density at radius 1 is 0.900 bits per heavy atom. The quantitative estimate of drug-likeness (QED) is 0.127. The van der Waals surface area contributed by atoms with Crippen molar-refractivity contribution in [1.82, 2.24) is 35.1 Å². The predicted octanol–water partition coefficient (Wildman–Crippen LogP) is 6.68. The Bertz CT molecular complexity index is 1740. The topological polar surface area (TPSA) is 149 Å². The molecule has 0 bridgehead atoms. The Hall–Kier alpha value is -4.33. The van der Waals surface area contributed by atoms with Crippen molar-refractivity contribution in [2.24, 2.45) is 11.8 Å². The summed E-state index contributed by atoms with van der Waals surface area (Å²) in [6, 6.07) is 16.5. The number of hydrogen-bond acceptors (Lipinski definition) is 8. The van der Waals surface area contributed by atoms with Gasteiger partial charge in [0.05, 0.1) is 49.6 Å². The van der Waals surface area contributed by atoms with Crippen LogP contribution >= 0.6 is 11.8 Å². The highest BCUT2D eigenvalue weighted by Crippen LogP contribution is 2.38. The number of nitrogens with zero attached hydrogens (tertiary/aromatic N) is 4. The molecule has 0 aliphatic carbocycles. The summed E-state index contributed by atoms with van der Waals surface area (Å²) < 4.78 is 10.2. The molecule has 2 aromatic heterocycles. The molecule has 2 aliphatic heterocycles. The molecule has 6 rings (SSSR count). The third-order valence-corrected chi connectivity index (χ3v) is 11.0. The number of imidazole rings is 2. The van der Waals surface area contributed by atoms with E-state index in [9.17, 15) is 14.7 Å². The zero-order valence-corrected chi connectivity index (χ0v) is 30.1. The van der Waals surface area contributed by atoms with E-state index in [2.05, 4.69) is 93.8 Å². The van der Waals surface area contributed by atoms with Gasteiger partial charge in [-0.3, -0.25) is 9.80 Å². The van der Waals surface area contributed by atoms with Crippen molar-refractivity contribution < 1.29 is 24.2 Å². The van der Waals surface area contributed by atoms with Gasteiger partial charge in [-0.25, -0.2) is 19.6 Å². The van der Waals surface area contributed by atoms with Crippen molar-refractivity contribution in [1.29, 1.82) is 0 Å². The maximum absolute atomic E-state index is 12.0. The molecule has 2 aliphatic rings. The van der Waals surface area contributed by atoms with Gasteiger partial charge in [0.15, 0.2) is 0 Å². The molecule has 4 N–H and O–H groups in total. The van der Waals surface area contributed by atoms with Crippen LogP contribution in [0.2, 0.25) is 0 Å². The lowest BCUT2D eigenvalue weighted by molar-refractivity contribution is 0.131. The molecule has 2 saturated heterocycles. The van der Waals surface area contributed by atoms with Gasteiger partial charge in [-0.2, -0.15) is 11.8 Å². The number of amides is 2. The number of methoxy groups -OCH3 is 2. The predicted molar refractivity (Wildman–Crippen MR) is 195 cm³/mol. The molecule has 2 unspecified atom stereocenters. The molecular formula is C37H47N7O5S. The lowest BCUT2D eigenvalue weighted by atomic mass is 10.0. The Kier molecular flexibility index (Phi) is 11.1. The van der Waals surface area contributed by atoms with E-state index in [-0.39, 0.29) is 30.0 Å². The molecule has 5 atom stereocenters. The normalized spacial score (nSPS) is 21.5. The summed E-state index contributed by atoms with van der Waals surface area (Å²) in [7, 11) is 3.04. The summed E-state index contributed by atoms with van der Waals surface area (Å²) >= 11 is 1.87. The first-order chi connectivity index (χ1) is 24.2. The van der Waals surface area contributed by atoms with Gasteiger partial charge in [0, 0.05) is 44.0 Å². The van der Waals surface area contributed by atoms with Crippen LogP contribution < -0.4 is 5.32 Å². The molecule has 0 radical (unpaired) electrons. The monoisotopic (exact) mass is 701 g/mol. The van der Waals surface area contributed by atoms with Crippen LogP contribution in [0.15, 0.2) is 60.9 Å². The van der Waals surface area contributed by atoms with E-state index >= 15 is 0 Å². The Balaban J connectivity index is 1.12. The van der Waals surface area contributed by atoms with Crippen molar-refractivity contribution in [3.8, 4) is 33.6 Å². The van der Waals surface area contributed by atoms with E-state index in [1.54, 1.807) is 13.3 Å². The first-order valence-electron chi connectivity index (χ1n) is 17.1. The number of benzene rings is 2. The second kappa shape index (κ2) is 15.7. The lowest BCUT2D eigenvalue weighted by Gasteiger charge is -2.30. The van der Waals surface area contributed by atoms with Crippen molar-refractivity contribution in [2.75, 3.05) is 46.7 Å². The summed E-state index contributed by atoms with van der Waals surface area (Å²) in [6.45, 7) is 6.84. The van der Waals surface area contributed by atoms with Gasteiger partial charge in [0.25, 0.3) is 0 Å². The number of nitrogens with one attached hydrogen (secondary N) is 3. The highest BCUT2D eigenvalue weighted by molar-refractivity contribution is 7.99. The minimum Gasteiger partial charge on any atom is -0.465 e. The minimum absolute atomic E-state index is 0.0328. The average Bonchev–Trinajstić information content (AvgIpc) is 3.94. The standard InChI is InChI=1S/C37H47N7O5S/c1-22(2)31(42-36(45)49-4)20-43-19-28(50-5)15-32(43)34-38-16-29(40-34)26-10-6-24(7-11-26)25-8-12-27(13-9-25)30-17-39-35(41-30)33-14-23(21-48-3)18-44(33)37(46)47/h6-13,16-17,22-23,28,31-33H,14-15,18-21H2,1-5H3,(H,38,40)(H,39,41)(H,42,45)(H,46,47)/t23?,28-,31+,32-,33?/m0/s1. The van der Waals surface area contributed by atoms with Crippen LogP contribution in [0.5, 0.6) is 0 Å². The van der Waals surface area contributed by atoms with Crippen molar-refractivity contribution in [3.05, 3.63) is 72.6 Å². The number of thioether (sulfide) groups is 1. The second-order valence-corrected chi connectivity index (χ2v) is 14.7. The number of carboxylic acid groups (broad SMARTS) is 1. The largest absolute Gasteiger partial charge is 0.465 e. The number of alkyl carbamates (subject to hydrolysis) is 1. The summed E-state index contributed by atoms with van der Waals surface area (Å²) in [5.41, 5.74) is 6.04. The van der Waals surface area contributed by atoms with Crippen LogP contribution in [-0.2, 0) is 9.47 Å². The van der Waals surface area contributed by atoms with Gasteiger partial charge in [-0.15, -0.1) is 0 Å². The average molecular weight is 702 g/mol. The molecule has 2 aromatic carbocycles. The van der Waals surface area contributed by atoms with E-state index < -0.39 is 12.2 Å². The fraction of sp³-hybridized carbons (Fsp3) is 0.459. The highest BCUT2D eigenvalue weighted by Gasteiger charge is 2.38. The number of carbonyl (C=O) groups is 2. The minimum atomic E-state index is -0.943. The van der Waals surface area contributed by atoms with E-state index in [1.807, 2.05) is 18.0 Å². The Labute approximate surface area is 297 Å². The van der Waals surface area contributed by atoms with Gasteiger partial charge in [-0.1, -0.05) is 62.4 Å². The first-order valence-corrected chi connectivity index (χ1v) is 18.4. The van der Waals surface area contributed by atoms with Crippen LogP contribution in [0.3, 0.4) is 0 Å². The zero-order chi connectivity index (χ0) is 35.4. The van der Waals surface area contributed by atoms with E-state index in [0.29, 0.717) is 30.6 Å². The van der Waals surface area contributed by atoms with Crippen molar-refractivity contribution in [3.63, 3.8) is 0 Å². The zero-order valence-electron chi connectivity index (χ0n) is 29.3. The van der Waals surface area contributed by atoms with Gasteiger partial charge in [0.2, 0.25) is 0 Å². The highest BCUT2D eigenvalue weighted by atomic mass is 32.2. The number of hydrogen-bond donors (Lipinski definition) is 4. The Morgan fingerprint density at radius 3 is 1.96 bits per heavy atom. The maximum atomic E-state index is 12.0. The number of ether oxygens (including phenoxy) is 2. The second-order valence-electron chi connectivity index (χ2n) is 13.6. The SMILES string of the molecule is COCC1CC(c2ncc(-c3ccc(-c4ccc(-c5cnc([C@@H]6C[C@H](SC)CN6C[C@@H](NC(=O)OC)C(C)C)[nH]5)cc4)cc3)[nH]2)N(C(=O)O)C1. The van der Waals surface area contributed by atoms with Crippen LogP contribution in [-0.4, -0.2) is 105 Å². The van der Waals surface area contributed by atoms with E-state index in [4.69, 9.17) is 14.5 Å². The molecule has 2 fully saturated rings. The first kappa shape index (κ1) is 35.5. The third kappa shape index (κ3) is 7.85. The molecule has 4 heterocycles. The molecule has 266 valence electrons. The fourth-order valence-electron chi connectivity index (χ4n) is 7.14. The summed E-state index contributed by atoms with van der Waals surface area (Å²) in [4.78, 5) is 44.1. The smallest absolute Gasteiger partial charge is 0.407 e.